The van der Waals surface area contributed by atoms with Crippen molar-refractivity contribution in [3.8, 4) is 40.1 Å². The van der Waals surface area contributed by atoms with Gasteiger partial charge in [0.05, 0.1) is 24.9 Å². The quantitative estimate of drug-likeness (QED) is 0.0389. The summed E-state index contributed by atoms with van der Waals surface area (Å²) in [4.78, 5) is 53.4. The summed E-state index contributed by atoms with van der Waals surface area (Å²) >= 11 is 0. The van der Waals surface area contributed by atoms with Crippen LogP contribution in [-0.4, -0.2) is 204 Å². The number of aliphatic hydroxyl groups excluding tert-OH is 8. The van der Waals surface area contributed by atoms with E-state index in [-0.39, 0.29) is 22.8 Å². The third-order valence-corrected chi connectivity index (χ3v) is 13.4. The minimum Gasteiger partial charge on any atom is -0.508 e. The van der Waals surface area contributed by atoms with Crippen LogP contribution < -0.4 is 14.9 Å². The molecule has 0 spiro atoms. The third-order valence-electron chi connectivity index (χ3n) is 13.4. The zero-order chi connectivity index (χ0) is 57.3. The van der Waals surface area contributed by atoms with E-state index >= 15 is 0 Å². The van der Waals surface area contributed by atoms with Crippen LogP contribution in [-0.2, 0) is 57.0 Å². The van der Waals surface area contributed by atoms with Gasteiger partial charge in [0.2, 0.25) is 23.8 Å². The smallest absolute Gasteiger partial charge is 0.331 e. The first-order valence-electron chi connectivity index (χ1n) is 24.7. The van der Waals surface area contributed by atoms with Gasteiger partial charge in [0.1, 0.15) is 88.9 Å². The highest BCUT2D eigenvalue weighted by Gasteiger charge is 2.55. The van der Waals surface area contributed by atoms with Crippen LogP contribution >= 0.6 is 0 Å². The molecule has 27 nitrogen and oxygen atoms in total. The first-order chi connectivity index (χ1) is 37.4. The van der Waals surface area contributed by atoms with E-state index in [1.54, 1.807) is 0 Å². The summed E-state index contributed by atoms with van der Waals surface area (Å²) in [7, 11) is 0. The number of aromatic hydroxyl groups is 3. The van der Waals surface area contributed by atoms with Gasteiger partial charge < -0.3 is 113 Å². The van der Waals surface area contributed by atoms with Crippen LogP contribution in [0.25, 0.3) is 28.4 Å². The molecule has 1 aromatic heterocycles. The van der Waals surface area contributed by atoms with Gasteiger partial charge in [-0.05, 0) is 68.8 Å². The van der Waals surface area contributed by atoms with Crippen molar-refractivity contribution < 1.29 is 127 Å². The van der Waals surface area contributed by atoms with Crippen molar-refractivity contribution in [2.45, 2.75) is 157 Å². The summed E-state index contributed by atoms with van der Waals surface area (Å²) in [6.07, 6.45) is -32.1. The lowest BCUT2D eigenvalue weighted by Gasteiger charge is -2.47. The molecule has 4 fully saturated rings. The molecule has 8 rings (SSSR count). The van der Waals surface area contributed by atoms with Crippen molar-refractivity contribution in [3.63, 3.8) is 0 Å². The van der Waals surface area contributed by atoms with Gasteiger partial charge in [0.15, 0.2) is 42.8 Å². The molecule has 0 aliphatic carbocycles. The van der Waals surface area contributed by atoms with E-state index in [2.05, 4.69) is 0 Å². The second-order valence-corrected chi connectivity index (χ2v) is 19.2. The number of fused-ring (bicyclic) bond motifs is 1. The minimum atomic E-state index is -2.22. The molecule has 0 radical (unpaired) electrons. The molecule has 4 aliphatic rings. The average Bonchev–Trinajstić information content (AvgIpc) is 3.54. The highest BCUT2D eigenvalue weighted by atomic mass is 16.8. The van der Waals surface area contributed by atoms with Crippen LogP contribution in [0.2, 0.25) is 0 Å². The van der Waals surface area contributed by atoms with Crippen molar-refractivity contribution in [1.82, 2.24) is 0 Å². The predicted molar refractivity (Wildman–Crippen MR) is 261 cm³/mol. The Morgan fingerprint density at radius 3 is 1.75 bits per heavy atom. The Kier molecular flexibility index (Phi) is 18.1. The molecule has 4 aliphatic heterocycles. The van der Waals surface area contributed by atoms with Crippen molar-refractivity contribution in [1.29, 1.82) is 0 Å². The van der Waals surface area contributed by atoms with Crippen LogP contribution in [0.5, 0.6) is 28.7 Å². The van der Waals surface area contributed by atoms with E-state index in [1.165, 1.54) is 75.4 Å². The number of benzene rings is 3. The normalized spacial score (nSPS) is 34.9. The lowest BCUT2D eigenvalue weighted by Crippen LogP contribution is -2.66. The van der Waals surface area contributed by atoms with Gasteiger partial charge in [-0.25, -0.2) is 4.79 Å². The van der Waals surface area contributed by atoms with Crippen molar-refractivity contribution in [3.05, 3.63) is 82.5 Å². The molecule has 0 saturated carbocycles. The first kappa shape index (κ1) is 58.6. The summed E-state index contributed by atoms with van der Waals surface area (Å²) in [6, 6.07) is 12.7. The molecule has 3 aromatic carbocycles. The number of carbonyl (C=O) groups is 3. The Morgan fingerprint density at radius 1 is 0.570 bits per heavy atom. The average molecular weight is 1120 g/mol. The zero-order valence-corrected chi connectivity index (χ0v) is 42.6. The molecule has 27 heteroatoms. The summed E-state index contributed by atoms with van der Waals surface area (Å²) in [5.74, 6) is -5.68. The van der Waals surface area contributed by atoms with Gasteiger partial charge in [0.25, 0.3) is 0 Å². The van der Waals surface area contributed by atoms with Crippen LogP contribution in [0.15, 0.2) is 76.0 Å². The Labute approximate surface area is 447 Å². The summed E-state index contributed by atoms with van der Waals surface area (Å²) in [5, 5.41) is 118. The molecule has 0 bridgehead atoms. The van der Waals surface area contributed by atoms with E-state index in [4.69, 9.17) is 56.5 Å². The number of phenols is 3. The summed E-state index contributed by atoms with van der Waals surface area (Å²) < 4.78 is 70.7. The van der Waals surface area contributed by atoms with E-state index in [0.29, 0.717) is 5.56 Å². The minimum absolute atomic E-state index is 0.00723. The van der Waals surface area contributed by atoms with Crippen LogP contribution in [0.4, 0.5) is 0 Å². The van der Waals surface area contributed by atoms with Crippen LogP contribution in [0.1, 0.15) is 40.2 Å². The molecule has 79 heavy (non-hydrogen) atoms. The van der Waals surface area contributed by atoms with Gasteiger partial charge in [0, 0.05) is 37.6 Å². The number of hydrogen-bond acceptors (Lipinski definition) is 27. The van der Waals surface area contributed by atoms with Crippen molar-refractivity contribution >= 4 is 35.0 Å². The van der Waals surface area contributed by atoms with Gasteiger partial charge in [-0.3, -0.25) is 14.4 Å². The number of ether oxygens (including phenoxy) is 11. The summed E-state index contributed by atoms with van der Waals surface area (Å²) in [5.41, 5.74) is -1.14. The Hall–Kier alpha value is -6.54. The SMILES string of the molecule is CC(=O)O[C@@H]1[C@@H](O)[C@@H](OC(C)=O)[C@H](O[C@H]2[C@H](Oc3c(-c4ccc(O)cc4)oc4cc(O[C@@H]5O[C@@H](C)[C@H](O)[C@@H](O)[C@H]5O)cc(O)c4c3=O)O[C@H](CO[C@@H]3O[C@@H](C)[C@H](O)[C@@H](O)[C@H]3O)[C@H](OC(=O)C=Cc3ccc(O)cc3)[C@@H]2O)O[C@H]1C. The lowest BCUT2D eigenvalue weighted by atomic mass is 9.96. The van der Waals surface area contributed by atoms with Gasteiger partial charge >= 0.3 is 17.9 Å². The fourth-order valence-electron chi connectivity index (χ4n) is 9.21. The van der Waals surface area contributed by atoms with Gasteiger partial charge in [-0.2, -0.15) is 0 Å². The van der Waals surface area contributed by atoms with Gasteiger partial charge in [-0.1, -0.05) is 12.1 Å². The molecule has 20 atom stereocenters. The Balaban J connectivity index is 1.23. The fraction of sp³-hybridized carbons (Fsp3) is 0.500. The molecule has 4 saturated heterocycles. The highest BCUT2D eigenvalue weighted by molar-refractivity contribution is 5.89. The topological polar surface area (TPSA) is 405 Å². The molecular weight excluding hydrogens is 1060 g/mol. The highest BCUT2D eigenvalue weighted by Crippen LogP contribution is 2.40. The van der Waals surface area contributed by atoms with E-state index in [0.717, 1.165) is 32.1 Å². The predicted octanol–water partition coefficient (Wildman–Crippen LogP) is -0.929. The number of rotatable bonds is 15. The van der Waals surface area contributed by atoms with E-state index in [9.17, 15) is 75.3 Å². The lowest BCUT2D eigenvalue weighted by molar-refractivity contribution is -0.360. The fourth-order valence-corrected chi connectivity index (χ4v) is 9.21. The Morgan fingerprint density at radius 2 is 1.13 bits per heavy atom. The maximum Gasteiger partial charge on any atom is 0.331 e. The molecule has 0 unspecified atom stereocenters. The molecule has 5 heterocycles. The number of hydrogen-bond donors (Lipinski definition) is 11. The molecule has 4 aromatic rings. The number of aliphatic hydroxyl groups is 8. The monoisotopic (exact) mass is 1120 g/mol. The largest absolute Gasteiger partial charge is 0.508 e. The van der Waals surface area contributed by atoms with Crippen molar-refractivity contribution in [2.24, 2.45) is 0 Å². The third kappa shape index (κ3) is 12.9. The standard InChI is InChI=1S/C52H60O27/c1-19-34(59)37(62)39(64)49(69-19)68-18-31-45(77-32(58)15-8-24-6-11-26(55)12-7-24)42(67)48(79-51-47(73-23(5)54)41(66)43(21(3)71-51)72-22(4)53)52(76-31)78-46-36(61)33-29(57)16-28(74-50-40(65)38(63)35(60)20(2)70-50)17-30(33)75-44(46)25-9-13-27(56)14-10-25/h6-17,19-21,31,34-35,37-43,45,47-52,55-57,59-60,62-67H,18H2,1-5H3/t19-,20-,21-,31+,34-,35-,37+,38+,39+,40+,41+,42-,43-,45-,47+,48+,49+,50-,51-,52-/m0/s1. The second-order valence-electron chi connectivity index (χ2n) is 19.2. The number of carbonyl (C=O) groups excluding carboxylic acids is 3. The second kappa shape index (κ2) is 24.4. The molecule has 11 N–H and O–H groups in total. The maximum atomic E-state index is 15.0. The molecular formula is C52H60O27. The first-order valence-corrected chi connectivity index (χ1v) is 24.7. The molecule has 430 valence electrons. The number of esters is 3. The van der Waals surface area contributed by atoms with Gasteiger partial charge in [-0.15, -0.1) is 0 Å². The number of phenolic OH excluding ortho intramolecular Hbond substituents is 3. The summed E-state index contributed by atoms with van der Waals surface area (Å²) in [6.45, 7) is 5.34. The zero-order valence-electron chi connectivity index (χ0n) is 42.6. The molecule has 0 amide bonds. The van der Waals surface area contributed by atoms with Crippen molar-refractivity contribution in [2.75, 3.05) is 6.61 Å². The van der Waals surface area contributed by atoms with E-state index in [1.807, 2.05) is 0 Å². The van der Waals surface area contributed by atoms with Crippen LogP contribution in [0.3, 0.4) is 0 Å². The Bertz CT molecular complexity index is 2880. The van der Waals surface area contributed by atoms with E-state index < -0.39 is 181 Å². The maximum absolute atomic E-state index is 15.0. The van der Waals surface area contributed by atoms with Crippen LogP contribution in [0, 0.1) is 0 Å².